The third-order valence-corrected chi connectivity index (χ3v) is 3.19. The van der Waals surface area contributed by atoms with Crippen LogP contribution in [0.4, 0.5) is 0 Å². The first kappa shape index (κ1) is 9.58. The van der Waals surface area contributed by atoms with Gasteiger partial charge in [0, 0.05) is 5.92 Å². The average Bonchev–Trinajstić information content (AvgIpc) is 2.03. The lowest BCUT2D eigenvalue weighted by Crippen LogP contribution is -2.26. The molecule has 3 atom stereocenters. The van der Waals surface area contributed by atoms with Gasteiger partial charge in [-0.3, -0.25) is 0 Å². The number of hydrogen-bond donors (Lipinski definition) is 0. The van der Waals surface area contributed by atoms with Crippen molar-refractivity contribution in [3.63, 3.8) is 0 Å². The zero-order chi connectivity index (χ0) is 9.14. The molecule has 0 spiro atoms. The molecule has 1 heteroatoms. The highest BCUT2D eigenvalue weighted by Crippen LogP contribution is 2.37. The molecule has 0 aromatic rings. The van der Waals surface area contributed by atoms with Gasteiger partial charge < -0.3 is 0 Å². The van der Waals surface area contributed by atoms with E-state index in [0.29, 0.717) is 17.8 Å². The molecule has 1 aliphatic rings. The highest BCUT2D eigenvalue weighted by atomic mass is 14.4. The van der Waals surface area contributed by atoms with Gasteiger partial charge in [0.2, 0.25) is 0 Å². The molecule has 1 saturated carbocycles. The zero-order valence-corrected chi connectivity index (χ0v) is 8.38. The van der Waals surface area contributed by atoms with Crippen LogP contribution in [0.25, 0.3) is 0 Å². The van der Waals surface area contributed by atoms with Crippen molar-refractivity contribution in [1.29, 1.82) is 5.26 Å². The lowest BCUT2D eigenvalue weighted by molar-refractivity contribution is 0.183. The van der Waals surface area contributed by atoms with Gasteiger partial charge in [0.25, 0.3) is 0 Å². The van der Waals surface area contributed by atoms with Crippen LogP contribution in [0, 0.1) is 35.0 Å². The van der Waals surface area contributed by atoms with Gasteiger partial charge >= 0.3 is 0 Å². The van der Waals surface area contributed by atoms with Crippen molar-refractivity contribution in [2.45, 2.75) is 40.0 Å². The molecule has 0 saturated heterocycles. The maximum Gasteiger partial charge on any atom is 0.0658 e. The largest absolute Gasteiger partial charge is 0.198 e. The fourth-order valence-corrected chi connectivity index (χ4v) is 2.35. The van der Waals surface area contributed by atoms with Crippen molar-refractivity contribution >= 4 is 0 Å². The number of rotatable bonds is 1. The molecule has 0 N–H and O–H groups in total. The standard InChI is InChI=1S/C11H19N/c1-8(2)11-5-4-9(3)6-10(11)7-12/h8-11H,4-6H2,1-3H3/t9-,10+,11-/m0/s1. The van der Waals surface area contributed by atoms with Gasteiger partial charge in [0.05, 0.1) is 6.07 Å². The highest BCUT2D eigenvalue weighted by Gasteiger charge is 2.30. The van der Waals surface area contributed by atoms with E-state index in [1.165, 1.54) is 12.8 Å². The Labute approximate surface area is 75.8 Å². The lowest BCUT2D eigenvalue weighted by atomic mass is 9.71. The Morgan fingerprint density at radius 2 is 2.00 bits per heavy atom. The van der Waals surface area contributed by atoms with E-state index >= 15 is 0 Å². The fraction of sp³-hybridized carbons (Fsp3) is 0.909. The molecule has 0 amide bonds. The van der Waals surface area contributed by atoms with Gasteiger partial charge in [0.15, 0.2) is 0 Å². The topological polar surface area (TPSA) is 23.8 Å². The molecule has 1 fully saturated rings. The summed E-state index contributed by atoms with van der Waals surface area (Å²) in [6.45, 7) is 6.75. The first-order valence-corrected chi connectivity index (χ1v) is 5.04. The minimum Gasteiger partial charge on any atom is -0.198 e. The molecule has 12 heavy (non-hydrogen) atoms. The molecule has 68 valence electrons. The second-order valence-electron chi connectivity index (χ2n) is 4.56. The van der Waals surface area contributed by atoms with E-state index in [4.69, 9.17) is 5.26 Å². The van der Waals surface area contributed by atoms with Crippen LogP contribution in [0.3, 0.4) is 0 Å². The molecule has 0 heterocycles. The Morgan fingerprint density at radius 1 is 1.33 bits per heavy atom. The minimum atomic E-state index is 0.328. The van der Waals surface area contributed by atoms with Crippen LogP contribution in [0.5, 0.6) is 0 Å². The summed E-state index contributed by atoms with van der Waals surface area (Å²) in [5.41, 5.74) is 0. The molecule has 0 radical (unpaired) electrons. The summed E-state index contributed by atoms with van der Waals surface area (Å²) in [5, 5.41) is 8.98. The maximum atomic E-state index is 8.98. The SMILES string of the molecule is CC(C)[C@@H]1CC[C@H](C)C[C@@H]1C#N. The van der Waals surface area contributed by atoms with Crippen LogP contribution < -0.4 is 0 Å². The highest BCUT2D eigenvalue weighted by molar-refractivity contribution is 4.93. The van der Waals surface area contributed by atoms with E-state index in [9.17, 15) is 0 Å². The summed E-state index contributed by atoms with van der Waals surface area (Å²) in [6.07, 6.45) is 3.71. The number of hydrogen-bond acceptors (Lipinski definition) is 1. The Morgan fingerprint density at radius 3 is 2.50 bits per heavy atom. The maximum absolute atomic E-state index is 8.98. The number of nitrogens with zero attached hydrogens (tertiary/aromatic N) is 1. The smallest absolute Gasteiger partial charge is 0.0658 e. The molecule has 1 nitrogen and oxygen atoms in total. The van der Waals surface area contributed by atoms with Crippen molar-refractivity contribution in [3.8, 4) is 6.07 Å². The zero-order valence-electron chi connectivity index (χ0n) is 8.38. The van der Waals surface area contributed by atoms with E-state index in [1.807, 2.05) is 0 Å². The summed E-state index contributed by atoms with van der Waals surface area (Å²) >= 11 is 0. The molecule has 0 bridgehead atoms. The minimum absolute atomic E-state index is 0.328. The van der Waals surface area contributed by atoms with Crippen LogP contribution in [-0.4, -0.2) is 0 Å². The number of nitriles is 1. The van der Waals surface area contributed by atoms with Crippen molar-refractivity contribution < 1.29 is 0 Å². The Bertz CT molecular complexity index is 178. The van der Waals surface area contributed by atoms with E-state index in [1.54, 1.807) is 0 Å². The average molecular weight is 165 g/mol. The Kier molecular flexibility index (Phi) is 3.14. The second-order valence-corrected chi connectivity index (χ2v) is 4.56. The molecular weight excluding hydrogens is 146 g/mol. The molecule has 1 rings (SSSR count). The molecule has 0 aromatic carbocycles. The van der Waals surface area contributed by atoms with Crippen molar-refractivity contribution in [2.75, 3.05) is 0 Å². The van der Waals surface area contributed by atoms with Crippen LogP contribution in [0.1, 0.15) is 40.0 Å². The molecular formula is C11H19N. The van der Waals surface area contributed by atoms with Crippen molar-refractivity contribution in [3.05, 3.63) is 0 Å². The summed E-state index contributed by atoms with van der Waals surface area (Å²) in [5.74, 6) is 2.44. The predicted molar refractivity (Wildman–Crippen MR) is 50.4 cm³/mol. The predicted octanol–water partition coefficient (Wildman–Crippen LogP) is 3.22. The second kappa shape index (κ2) is 3.94. The van der Waals surface area contributed by atoms with E-state index in [-0.39, 0.29) is 0 Å². The molecule has 0 aliphatic heterocycles. The van der Waals surface area contributed by atoms with Crippen LogP contribution in [0.2, 0.25) is 0 Å². The molecule has 1 aliphatic carbocycles. The van der Waals surface area contributed by atoms with Crippen LogP contribution in [0.15, 0.2) is 0 Å². The summed E-state index contributed by atoms with van der Waals surface area (Å²) < 4.78 is 0. The normalized spacial score (nSPS) is 36.4. The lowest BCUT2D eigenvalue weighted by Gasteiger charge is -2.33. The fourth-order valence-electron chi connectivity index (χ4n) is 2.35. The van der Waals surface area contributed by atoms with E-state index in [0.717, 1.165) is 12.3 Å². The quantitative estimate of drug-likeness (QED) is 0.585. The molecule has 0 unspecified atom stereocenters. The van der Waals surface area contributed by atoms with Gasteiger partial charge in [0.1, 0.15) is 0 Å². The van der Waals surface area contributed by atoms with E-state index < -0.39 is 0 Å². The van der Waals surface area contributed by atoms with E-state index in [2.05, 4.69) is 26.8 Å². The van der Waals surface area contributed by atoms with Crippen molar-refractivity contribution in [2.24, 2.45) is 23.7 Å². The Balaban J connectivity index is 2.58. The third kappa shape index (κ3) is 2.00. The van der Waals surface area contributed by atoms with Gasteiger partial charge in [-0.15, -0.1) is 0 Å². The Hall–Kier alpha value is -0.510. The summed E-state index contributed by atoms with van der Waals surface area (Å²) in [7, 11) is 0. The summed E-state index contributed by atoms with van der Waals surface area (Å²) in [6, 6.07) is 2.47. The van der Waals surface area contributed by atoms with Gasteiger partial charge in [-0.1, -0.05) is 27.2 Å². The van der Waals surface area contributed by atoms with Gasteiger partial charge in [-0.25, -0.2) is 0 Å². The third-order valence-electron chi connectivity index (χ3n) is 3.19. The van der Waals surface area contributed by atoms with Gasteiger partial charge in [-0.05, 0) is 30.6 Å². The first-order valence-electron chi connectivity index (χ1n) is 5.04. The van der Waals surface area contributed by atoms with Gasteiger partial charge in [-0.2, -0.15) is 5.26 Å². The van der Waals surface area contributed by atoms with Crippen LogP contribution >= 0.6 is 0 Å². The first-order chi connectivity index (χ1) is 5.65. The monoisotopic (exact) mass is 165 g/mol. The van der Waals surface area contributed by atoms with Crippen LogP contribution in [-0.2, 0) is 0 Å². The molecule has 0 aromatic heterocycles. The van der Waals surface area contributed by atoms with Crippen molar-refractivity contribution in [1.82, 2.24) is 0 Å². The summed E-state index contributed by atoms with van der Waals surface area (Å²) in [4.78, 5) is 0.